The molecule has 0 aliphatic heterocycles. The lowest BCUT2D eigenvalue weighted by molar-refractivity contribution is -0.0729. The van der Waals surface area contributed by atoms with Crippen LogP contribution in [0.2, 0.25) is 0 Å². The largest absolute Gasteiger partial charge is 0.323 e. The predicted octanol–water partition coefficient (Wildman–Crippen LogP) is 2.16. The lowest BCUT2D eigenvalue weighted by Crippen LogP contribution is -2.43. The second-order valence-corrected chi connectivity index (χ2v) is 3.44. The molecule has 1 fully saturated rings. The maximum atomic E-state index is 13.1. The van der Waals surface area contributed by atoms with E-state index in [1.807, 2.05) is 0 Å². The summed E-state index contributed by atoms with van der Waals surface area (Å²) in [6, 6.07) is -0.995. The maximum Gasteiger partial charge on any atom is 0.265 e. The summed E-state index contributed by atoms with van der Waals surface area (Å²) >= 11 is 0. The Labute approximate surface area is 66.0 Å². The van der Waals surface area contributed by atoms with Crippen LogP contribution in [0.4, 0.5) is 8.78 Å². The van der Waals surface area contributed by atoms with E-state index >= 15 is 0 Å². The average Bonchev–Trinajstić information content (AvgIpc) is 2.37. The molecule has 1 atom stereocenters. The van der Waals surface area contributed by atoms with E-state index in [1.165, 1.54) is 6.92 Å². The summed E-state index contributed by atoms with van der Waals surface area (Å²) in [7, 11) is 0. The fraction of sp³-hybridized carbons (Fsp3) is 1.00. The molecule has 0 heterocycles. The van der Waals surface area contributed by atoms with Crippen molar-refractivity contribution in [3.05, 3.63) is 0 Å². The van der Waals surface area contributed by atoms with Crippen LogP contribution in [0.5, 0.6) is 0 Å². The quantitative estimate of drug-likeness (QED) is 0.663. The van der Waals surface area contributed by atoms with E-state index in [4.69, 9.17) is 5.73 Å². The molecule has 1 saturated carbocycles. The van der Waals surface area contributed by atoms with E-state index in [0.717, 1.165) is 12.8 Å². The van der Waals surface area contributed by atoms with Crippen molar-refractivity contribution in [2.75, 3.05) is 0 Å². The van der Waals surface area contributed by atoms with Gasteiger partial charge >= 0.3 is 0 Å². The molecule has 1 aliphatic rings. The van der Waals surface area contributed by atoms with Gasteiger partial charge in [-0.1, -0.05) is 12.8 Å². The van der Waals surface area contributed by atoms with Crippen LogP contribution in [0, 0.1) is 5.92 Å². The third-order valence-corrected chi connectivity index (χ3v) is 2.51. The summed E-state index contributed by atoms with van der Waals surface area (Å²) in [5.74, 6) is -3.10. The van der Waals surface area contributed by atoms with Crippen molar-refractivity contribution in [3.63, 3.8) is 0 Å². The Morgan fingerprint density at radius 2 is 1.82 bits per heavy atom. The minimum absolute atomic E-state index is 0.456. The van der Waals surface area contributed by atoms with Crippen LogP contribution < -0.4 is 5.73 Å². The summed E-state index contributed by atoms with van der Waals surface area (Å²) in [6.07, 6.45) is 3.17. The van der Waals surface area contributed by atoms with Gasteiger partial charge in [0.15, 0.2) is 0 Å². The SMILES string of the molecule is CC(N)C(F)(F)C1CCCC1. The van der Waals surface area contributed by atoms with E-state index in [0.29, 0.717) is 12.8 Å². The second-order valence-electron chi connectivity index (χ2n) is 3.44. The first-order chi connectivity index (χ1) is 5.05. The molecule has 0 bridgehead atoms. The minimum atomic E-state index is -2.64. The monoisotopic (exact) mass is 163 g/mol. The van der Waals surface area contributed by atoms with Crippen molar-refractivity contribution < 1.29 is 8.78 Å². The summed E-state index contributed by atoms with van der Waals surface area (Å²) < 4.78 is 26.3. The van der Waals surface area contributed by atoms with E-state index < -0.39 is 17.9 Å². The molecule has 1 rings (SSSR count). The Hall–Kier alpha value is -0.180. The Morgan fingerprint density at radius 3 is 2.18 bits per heavy atom. The van der Waals surface area contributed by atoms with Gasteiger partial charge in [-0.3, -0.25) is 0 Å². The molecule has 0 aromatic carbocycles. The highest BCUT2D eigenvalue weighted by molar-refractivity contribution is 4.87. The highest BCUT2D eigenvalue weighted by Gasteiger charge is 2.43. The Morgan fingerprint density at radius 1 is 1.36 bits per heavy atom. The molecule has 0 aromatic heterocycles. The Balaban J connectivity index is 2.55. The second kappa shape index (κ2) is 3.05. The van der Waals surface area contributed by atoms with Crippen LogP contribution in [0.3, 0.4) is 0 Å². The molecule has 0 aromatic rings. The molecule has 11 heavy (non-hydrogen) atoms. The van der Waals surface area contributed by atoms with Gasteiger partial charge in [0, 0.05) is 5.92 Å². The molecule has 66 valence electrons. The zero-order valence-electron chi connectivity index (χ0n) is 6.82. The van der Waals surface area contributed by atoms with Gasteiger partial charge in [-0.25, -0.2) is 8.78 Å². The lowest BCUT2D eigenvalue weighted by Gasteiger charge is -2.26. The standard InChI is InChI=1S/C8H15F2N/c1-6(11)8(9,10)7-4-2-3-5-7/h6-7H,2-5,11H2,1H3. The van der Waals surface area contributed by atoms with Gasteiger partial charge < -0.3 is 5.73 Å². The molecule has 0 amide bonds. The van der Waals surface area contributed by atoms with Crippen molar-refractivity contribution in [1.82, 2.24) is 0 Å². The molecule has 1 aliphatic carbocycles. The predicted molar refractivity (Wildman–Crippen MR) is 40.6 cm³/mol. The van der Waals surface area contributed by atoms with E-state index in [-0.39, 0.29) is 0 Å². The van der Waals surface area contributed by atoms with E-state index in [1.54, 1.807) is 0 Å². The van der Waals surface area contributed by atoms with Crippen molar-refractivity contribution in [2.45, 2.75) is 44.6 Å². The first kappa shape index (κ1) is 8.91. The fourth-order valence-electron chi connectivity index (χ4n) is 1.68. The molecular formula is C8H15F2N. The number of nitrogens with two attached hydrogens (primary N) is 1. The molecular weight excluding hydrogens is 148 g/mol. The number of hydrogen-bond acceptors (Lipinski definition) is 1. The molecule has 2 N–H and O–H groups in total. The van der Waals surface area contributed by atoms with Crippen molar-refractivity contribution in [3.8, 4) is 0 Å². The maximum absolute atomic E-state index is 13.1. The van der Waals surface area contributed by atoms with Gasteiger partial charge in [-0.05, 0) is 19.8 Å². The van der Waals surface area contributed by atoms with Gasteiger partial charge in [-0.2, -0.15) is 0 Å². The van der Waals surface area contributed by atoms with Gasteiger partial charge in [0.25, 0.3) is 5.92 Å². The first-order valence-electron chi connectivity index (χ1n) is 4.18. The van der Waals surface area contributed by atoms with E-state index in [2.05, 4.69) is 0 Å². The molecule has 0 saturated heterocycles. The summed E-state index contributed by atoms with van der Waals surface area (Å²) in [6.45, 7) is 1.39. The van der Waals surface area contributed by atoms with Gasteiger partial charge in [0.2, 0.25) is 0 Å². The molecule has 0 radical (unpaired) electrons. The van der Waals surface area contributed by atoms with Gasteiger partial charge in [-0.15, -0.1) is 0 Å². The zero-order chi connectivity index (χ0) is 8.48. The normalized spacial score (nSPS) is 24.0. The Kier molecular flexibility index (Phi) is 2.47. The third kappa shape index (κ3) is 1.70. The van der Waals surface area contributed by atoms with Crippen LogP contribution in [-0.2, 0) is 0 Å². The zero-order valence-corrected chi connectivity index (χ0v) is 6.82. The summed E-state index contributed by atoms with van der Waals surface area (Å²) in [5, 5.41) is 0. The molecule has 3 heteroatoms. The topological polar surface area (TPSA) is 26.0 Å². The molecule has 1 unspecified atom stereocenters. The van der Waals surface area contributed by atoms with Crippen molar-refractivity contribution in [2.24, 2.45) is 11.7 Å². The fourth-order valence-corrected chi connectivity index (χ4v) is 1.68. The number of alkyl halides is 2. The first-order valence-corrected chi connectivity index (χ1v) is 4.18. The molecule has 0 spiro atoms. The molecule has 1 nitrogen and oxygen atoms in total. The Bertz CT molecular complexity index is 128. The number of rotatable bonds is 2. The highest BCUT2D eigenvalue weighted by Crippen LogP contribution is 2.39. The summed E-state index contributed by atoms with van der Waals surface area (Å²) in [5.41, 5.74) is 5.20. The van der Waals surface area contributed by atoms with Crippen LogP contribution >= 0.6 is 0 Å². The van der Waals surface area contributed by atoms with Crippen LogP contribution in [-0.4, -0.2) is 12.0 Å². The average molecular weight is 163 g/mol. The van der Waals surface area contributed by atoms with E-state index in [9.17, 15) is 8.78 Å². The number of hydrogen-bond donors (Lipinski definition) is 1. The third-order valence-electron chi connectivity index (χ3n) is 2.51. The highest BCUT2D eigenvalue weighted by atomic mass is 19.3. The van der Waals surface area contributed by atoms with Gasteiger partial charge in [0.1, 0.15) is 0 Å². The minimum Gasteiger partial charge on any atom is -0.323 e. The summed E-state index contributed by atoms with van der Waals surface area (Å²) in [4.78, 5) is 0. The van der Waals surface area contributed by atoms with Crippen LogP contribution in [0.1, 0.15) is 32.6 Å². The van der Waals surface area contributed by atoms with Crippen LogP contribution in [0.25, 0.3) is 0 Å². The van der Waals surface area contributed by atoms with Crippen molar-refractivity contribution >= 4 is 0 Å². The number of halogens is 2. The van der Waals surface area contributed by atoms with Crippen LogP contribution in [0.15, 0.2) is 0 Å². The van der Waals surface area contributed by atoms with Gasteiger partial charge in [0.05, 0.1) is 6.04 Å². The lowest BCUT2D eigenvalue weighted by atomic mass is 9.95. The van der Waals surface area contributed by atoms with Crippen molar-refractivity contribution in [1.29, 1.82) is 0 Å². The smallest absolute Gasteiger partial charge is 0.265 e.